The lowest BCUT2D eigenvalue weighted by Gasteiger charge is -2.11. The minimum atomic E-state index is 0.140. The molecule has 0 bridgehead atoms. The number of nitrogens with zero attached hydrogens (tertiary/aromatic N) is 3. The van der Waals surface area contributed by atoms with Crippen molar-refractivity contribution in [3.8, 4) is 5.69 Å². The van der Waals surface area contributed by atoms with Gasteiger partial charge in [-0.05, 0) is 43.8 Å². The third-order valence-electron chi connectivity index (χ3n) is 2.59. The Morgan fingerprint density at radius 1 is 1.47 bits per heavy atom. The number of nitrogens with one attached hydrogen (secondary N) is 1. The second-order valence-corrected chi connectivity index (χ2v) is 4.64. The predicted molar refractivity (Wildman–Crippen MR) is 80.6 cm³/mol. The first-order valence-electron chi connectivity index (χ1n) is 5.77. The van der Waals surface area contributed by atoms with Crippen molar-refractivity contribution in [1.82, 2.24) is 15.2 Å². The number of thiocarbonyl (C=S) groups is 1. The van der Waals surface area contributed by atoms with Crippen molar-refractivity contribution in [2.45, 2.75) is 13.8 Å². The normalized spacial score (nSPS) is 10.8. The Labute approximate surface area is 117 Å². The molecule has 0 aliphatic rings. The molecule has 0 saturated carbocycles. The van der Waals surface area contributed by atoms with Crippen molar-refractivity contribution < 1.29 is 0 Å². The van der Waals surface area contributed by atoms with Crippen molar-refractivity contribution in [2.75, 3.05) is 0 Å². The van der Waals surface area contributed by atoms with Crippen LogP contribution in [0.4, 0.5) is 0 Å². The summed E-state index contributed by atoms with van der Waals surface area (Å²) < 4.78 is 1.82. The standard InChI is InChI=1S/C13H15N5S/c1-9-6-10(2)12(18-5-3-4-16-18)11(7-9)8-15-17-13(14)19/h3-8H,1-2H3,(H3,14,17,19). The van der Waals surface area contributed by atoms with Crippen LogP contribution in [0.15, 0.2) is 35.7 Å². The summed E-state index contributed by atoms with van der Waals surface area (Å²) in [5.41, 5.74) is 12.1. The summed E-state index contributed by atoms with van der Waals surface area (Å²) in [6.07, 6.45) is 5.33. The van der Waals surface area contributed by atoms with Gasteiger partial charge < -0.3 is 5.73 Å². The molecule has 0 radical (unpaired) electrons. The molecule has 1 heterocycles. The molecule has 0 aliphatic carbocycles. The first-order valence-corrected chi connectivity index (χ1v) is 6.18. The molecular formula is C13H15N5S. The summed E-state index contributed by atoms with van der Waals surface area (Å²) in [5.74, 6) is 0. The van der Waals surface area contributed by atoms with Gasteiger partial charge in [-0.3, -0.25) is 5.43 Å². The van der Waals surface area contributed by atoms with Crippen molar-refractivity contribution in [2.24, 2.45) is 10.8 Å². The Bertz CT molecular complexity index is 616. The van der Waals surface area contributed by atoms with Gasteiger partial charge in [-0.25, -0.2) is 4.68 Å². The third-order valence-corrected chi connectivity index (χ3v) is 2.68. The summed E-state index contributed by atoms with van der Waals surface area (Å²) in [4.78, 5) is 0. The van der Waals surface area contributed by atoms with Gasteiger partial charge in [-0.15, -0.1) is 0 Å². The van der Waals surface area contributed by atoms with Gasteiger partial charge in [0.25, 0.3) is 0 Å². The van der Waals surface area contributed by atoms with Crippen molar-refractivity contribution in [1.29, 1.82) is 0 Å². The molecule has 0 amide bonds. The van der Waals surface area contributed by atoms with Gasteiger partial charge in [-0.1, -0.05) is 11.6 Å². The van der Waals surface area contributed by atoms with Crippen LogP contribution in [0.2, 0.25) is 0 Å². The van der Waals surface area contributed by atoms with Gasteiger partial charge in [0.05, 0.1) is 11.9 Å². The van der Waals surface area contributed by atoms with E-state index in [0.29, 0.717) is 0 Å². The molecule has 0 aliphatic heterocycles. The average molecular weight is 273 g/mol. The first kappa shape index (κ1) is 13.2. The molecule has 0 unspecified atom stereocenters. The predicted octanol–water partition coefficient (Wildman–Crippen LogP) is 1.66. The Kier molecular flexibility index (Phi) is 3.91. The Hall–Kier alpha value is -2.21. The Morgan fingerprint density at radius 3 is 2.89 bits per heavy atom. The third kappa shape index (κ3) is 3.17. The number of nitrogens with two attached hydrogens (primary N) is 1. The van der Waals surface area contributed by atoms with Crippen LogP contribution >= 0.6 is 12.2 Å². The summed E-state index contributed by atoms with van der Waals surface area (Å²) >= 11 is 4.71. The molecule has 3 N–H and O–H groups in total. The van der Waals surface area contributed by atoms with E-state index < -0.39 is 0 Å². The highest BCUT2D eigenvalue weighted by Crippen LogP contribution is 2.19. The van der Waals surface area contributed by atoms with Crippen LogP contribution in [0.1, 0.15) is 16.7 Å². The van der Waals surface area contributed by atoms with Crippen LogP contribution in [0, 0.1) is 13.8 Å². The molecule has 1 aromatic heterocycles. The molecule has 6 heteroatoms. The van der Waals surface area contributed by atoms with Gasteiger partial charge in [0.2, 0.25) is 0 Å². The molecule has 98 valence electrons. The van der Waals surface area contributed by atoms with Gasteiger partial charge in [-0.2, -0.15) is 10.2 Å². The fraction of sp³-hybridized carbons (Fsp3) is 0.154. The fourth-order valence-corrected chi connectivity index (χ4v) is 2.02. The second kappa shape index (κ2) is 5.62. The van der Waals surface area contributed by atoms with Crippen LogP contribution in [0.5, 0.6) is 0 Å². The molecule has 19 heavy (non-hydrogen) atoms. The van der Waals surface area contributed by atoms with Gasteiger partial charge >= 0.3 is 0 Å². The lowest BCUT2D eigenvalue weighted by atomic mass is 10.0. The monoisotopic (exact) mass is 273 g/mol. The molecule has 2 rings (SSSR count). The van der Waals surface area contributed by atoms with Crippen molar-refractivity contribution in [3.05, 3.63) is 47.3 Å². The molecule has 0 spiro atoms. The summed E-state index contributed by atoms with van der Waals surface area (Å²) in [6.45, 7) is 4.08. The minimum Gasteiger partial charge on any atom is -0.375 e. The van der Waals surface area contributed by atoms with Crippen LogP contribution in [0.3, 0.4) is 0 Å². The summed E-state index contributed by atoms with van der Waals surface area (Å²) in [6, 6.07) is 6.03. The van der Waals surface area contributed by atoms with Gasteiger partial charge in [0, 0.05) is 18.0 Å². The number of aryl methyl sites for hydroxylation is 2. The maximum atomic E-state index is 5.34. The Balaban J connectivity index is 2.46. The van der Waals surface area contributed by atoms with Crippen LogP contribution in [-0.2, 0) is 0 Å². The SMILES string of the molecule is Cc1cc(C)c(-n2cccn2)c(C=NNC(N)=S)c1. The zero-order valence-corrected chi connectivity index (χ0v) is 11.6. The minimum absolute atomic E-state index is 0.140. The molecular weight excluding hydrogens is 258 g/mol. The summed E-state index contributed by atoms with van der Waals surface area (Å²) in [5, 5.41) is 8.42. The van der Waals surface area contributed by atoms with Crippen molar-refractivity contribution in [3.63, 3.8) is 0 Å². The molecule has 0 saturated heterocycles. The number of aromatic nitrogens is 2. The second-order valence-electron chi connectivity index (χ2n) is 4.20. The Morgan fingerprint density at radius 2 is 2.26 bits per heavy atom. The topological polar surface area (TPSA) is 68.2 Å². The highest BCUT2D eigenvalue weighted by molar-refractivity contribution is 7.80. The maximum absolute atomic E-state index is 5.34. The van der Waals surface area contributed by atoms with Gasteiger partial charge in [0.15, 0.2) is 5.11 Å². The van der Waals surface area contributed by atoms with Gasteiger partial charge in [0.1, 0.15) is 0 Å². The van der Waals surface area contributed by atoms with Crippen LogP contribution in [-0.4, -0.2) is 21.1 Å². The van der Waals surface area contributed by atoms with E-state index in [4.69, 9.17) is 18.0 Å². The van der Waals surface area contributed by atoms with E-state index >= 15 is 0 Å². The van der Waals surface area contributed by atoms with E-state index in [1.165, 1.54) is 0 Å². The zero-order valence-electron chi connectivity index (χ0n) is 10.8. The van der Waals surface area contributed by atoms with E-state index in [-0.39, 0.29) is 5.11 Å². The quantitative estimate of drug-likeness (QED) is 0.507. The van der Waals surface area contributed by atoms with E-state index in [1.807, 2.05) is 36.9 Å². The number of rotatable bonds is 3. The number of hydrazone groups is 1. The number of hydrogen-bond acceptors (Lipinski definition) is 3. The van der Waals surface area contributed by atoms with Crippen LogP contribution in [0.25, 0.3) is 5.69 Å². The smallest absolute Gasteiger partial charge is 0.184 e. The highest BCUT2D eigenvalue weighted by Gasteiger charge is 2.08. The lowest BCUT2D eigenvalue weighted by Crippen LogP contribution is -2.24. The average Bonchev–Trinajstić information content (AvgIpc) is 2.81. The lowest BCUT2D eigenvalue weighted by molar-refractivity contribution is 0.870. The molecule has 0 fully saturated rings. The number of benzene rings is 1. The van der Waals surface area contributed by atoms with Crippen LogP contribution < -0.4 is 11.2 Å². The highest BCUT2D eigenvalue weighted by atomic mass is 32.1. The first-order chi connectivity index (χ1) is 9.08. The van der Waals surface area contributed by atoms with E-state index in [1.54, 1.807) is 12.4 Å². The number of hydrogen-bond donors (Lipinski definition) is 2. The largest absolute Gasteiger partial charge is 0.375 e. The molecule has 1 aromatic carbocycles. The van der Waals surface area contributed by atoms with Crippen molar-refractivity contribution >= 4 is 23.5 Å². The molecule has 2 aromatic rings. The van der Waals surface area contributed by atoms with E-state index in [0.717, 1.165) is 22.4 Å². The summed E-state index contributed by atoms with van der Waals surface area (Å²) in [7, 11) is 0. The fourth-order valence-electron chi connectivity index (χ4n) is 1.97. The maximum Gasteiger partial charge on any atom is 0.184 e. The zero-order chi connectivity index (χ0) is 13.8. The molecule has 5 nitrogen and oxygen atoms in total. The molecule has 0 atom stereocenters. The van der Waals surface area contributed by atoms with E-state index in [9.17, 15) is 0 Å². The van der Waals surface area contributed by atoms with E-state index in [2.05, 4.69) is 21.7 Å².